The lowest BCUT2D eigenvalue weighted by molar-refractivity contribution is 0.623. The third-order valence-electron chi connectivity index (χ3n) is 3.56. The summed E-state index contributed by atoms with van der Waals surface area (Å²) < 4.78 is 16.7. The first-order valence-corrected chi connectivity index (χ1v) is 6.84. The Hall–Kier alpha value is -2.41. The largest absolute Gasteiger partial charge is 0.332 e. The SMILES string of the molecule is Cn1c(Cl)nc2c1c(=O)n(Cc1ccc(F)cc1)c(=O)n2C. The van der Waals surface area contributed by atoms with E-state index in [1.54, 1.807) is 7.05 Å². The maximum absolute atomic E-state index is 13.0. The molecule has 0 aliphatic rings. The molecule has 0 atom stereocenters. The van der Waals surface area contributed by atoms with E-state index in [9.17, 15) is 14.0 Å². The standard InChI is InChI=1S/C14H12ClFN4O2/c1-18-10-11(17-13(18)15)19(2)14(22)20(12(10)21)7-8-3-5-9(16)6-4-8/h3-6H,7H2,1-2H3. The Balaban J connectivity index is 2.26. The Morgan fingerprint density at radius 3 is 2.41 bits per heavy atom. The molecule has 0 unspecified atom stereocenters. The predicted molar refractivity (Wildman–Crippen MR) is 80.7 cm³/mol. The Kier molecular flexibility index (Phi) is 3.37. The van der Waals surface area contributed by atoms with Crippen LogP contribution in [0.15, 0.2) is 33.9 Å². The highest BCUT2D eigenvalue weighted by Crippen LogP contribution is 2.13. The minimum Gasteiger partial charge on any atom is -0.312 e. The lowest BCUT2D eigenvalue weighted by Crippen LogP contribution is -2.39. The van der Waals surface area contributed by atoms with Gasteiger partial charge in [-0.15, -0.1) is 0 Å². The quantitative estimate of drug-likeness (QED) is 0.668. The zero-order valence-corrected chi connectivity index (χ0v) is 12.6. The van der Waals surface area contributed by atoms with Gasteiger partial charge in [-0.05, 0) is 29.3 Å². The van der Waals surface area contributed by atoms with Gasteiger partial charge in [-0.1, -0.05) is 12.1 Å². The zero-order chi connectivity index (χ0) is 16.0. The summed E-state index contributed by atoms with van der Waals surface area (Å²) >= 11 is 5.92. The summed E-state index contributed by atoms with van der Waals surface area (Å²) in [7, 11) is 3.13. The fourth-order valence-corrected chi connectivity index (χ4v) is 2.49. The number of fused-ring (bicyclic) bond motifs is 1. The number of rotatable bonds is 2. The van der Waals surface area contributed by atoms with Crippen molar-refractivity contribution in [3.8, 4) is 0 Å². The number of imidazole rings is 1. The van der Waals surface area contributed by atoms with Crippen LogP contribution in [0.5, 0.6) is 0 Å². The number of benzene rings is 1. The molecule has 6 nitrogen and oxygen atoms in total. The van der Waals surface area contributed by atoms with Crippen LogP contribution in [0.3, 0.4) is 0 Å². The van der Waals surface area contributed by atoms with E-state index in [1.165, 1.54) is 40.4 Å². The molecular formula is C14H12ClFN4O2. The lowest BCUT2D eigenvalue weighted by Gasteiger charge is -2.08. The van der Waals surface area contributed by atoms with Crippen molar-refractivity contribution < 1.29 is 4.39 Å². The molecule has 2 aromatic heterocycles. The molecule has 0 spiro atoms. The smallest absolute Gasteiger partial charge is 0.312 e. The Bertz CT molecular complexity index is 985. The number of aromatic nitrogens is 4. The molecule has 8 heteroatoms. The Morgan fingerprint density at radius 1 is 1.14 bits per heavy atom. The van der Waals surface area contributed by atoms with Gasteiger partial charge in [-0.2, -0.15) is 4.98 Å². The summed E-state index contributed by atoms with van der Waals surface area (Å²) in [4.78, 5) is 28.9. The van der Waals surface area contributed by atoms with Crippen molar-refractivity contribution in [2.24, 2.45) is 14.1 Å². The summed E-state index contributed by atoms with van der Waals surface area (Å²) in [6, 6.07) is 5.62. The highest BCUT2D eigenvalue weighted by molar-refractivity contribution is 6.29. The van der Waals surface area contributed by atoms with Crippen LogP contribution in [0.2, 0.25) is 5.28 Å². The number of halogens is 2. The van der Waals surface area contributed by atoms with Crippen LogP contribution >= 0.6 is 11.6 Å². The molecule has 0 amide bonds. The van der Waals surface area contributed by atoms with Crippen molar-refractivity contribution in [1.82, 2.24) is 18.7 Å². The van der Waals surface area contributed by atoms with Gasteiger partial charge in [0.25, 0.3) is 5.56 Å². The number of hydrogen-bond donors (Lipinski definition) is 0. The summed E-state index contributed by atoms with van der Waals surface area (Å²) in [5, 5.41) is 0.127. The lowest BCUT2D eigenvalue weighted by atomic mass is 10.2. The first kappa shape index (κ1) is 14.5. The van der Waals surface area contributed by atoms with Crippen molar-refractivity contribution in [1.29, 1.82) is 0 Å². The second-order valence-electron chi connectivity index (χ2n) is 4.97. The molecule has 0 N–H and O–H groups in total. The van der Waals surface area contributed by atoms with E-state index in [0.717, 1.165) is 4.57 Å². The summed E-state index contributed by atoms with van der Waals surface area (Å²) in [5.41, 5.74) is 0.140. The van der Waals surface area contributed by atoms with Crippen LogP contribution in [0, 0.1) is 5.82 Å². The van der Waals surface area contributed by atoms with Crippen molar-refractivity contribution in [2.75, 3.05) is 0 Å². The first-order chi connectivity index (χ1) is 10.4. The fraction of sp³-hybridized carbons (Fsp3) is 0.214. The van der Waals surface area contributed by atoms with Gasteiger partial charge in [0, 0.05) is 14.1 Å². The minimum atomic E-state index is -0.503. The van der Waals surface area contributed by atoms with Gasteiger partial charge in [0.15, 0.2) is 11.2 Å². The average molecular weight is 323 g/mol. The molecule has 0 aliphatic carbocycles. The molecule has 0 bridgehead atoms. The monoisotopic (exact) mass is 322 g/mol. The topological polar surface area (TPSA) is 61.8 Å². The molecule has 3 rings (SSSR count). The van der Waals surface area contributed by atoms with Crippen LogP contribution in [-0.4, -0.2) is 18.7 Å². The number of aryl methyl sites for hydroxylation is 2. The molecule has 0 fully saturated rings. The van der Waals surface area contributed by atoms with E-state index in [-0.39, 0.29) is 28.8 Å². The van der Waals surface area contributed by atoms with Gasteiger partial charge in [0.05, 0.1) is 6.54 Å². The van der Waals surface area contributed by atoms with Crippen molar-refractivity contribution in [2.45, 2.75) is 6.54 Å². The summed E-state index contributed by atoms with van der Waals surface area (Å²) in [6.07, 6.45) is 0. The Labute approximate surface area is 129 Å². The molecule has 22 heavy (non-hydrogen) atoms. The van der Waals surface area contributed by atoms with Crippen LogP contribution in [0.4, 0.5) is 4.39 Å². The molecule has 1 aromatic carbocycles. The second-order valence-corrected chi connectivity index (χ2v) is 5.31. The van der Waals surface area contributed by atoms with E-state index < -0.39 is 11.2 Å². The number of hydrogen-bond acceptors (Lipinski definition) is 3. The zero-order valence-electron chi connectivity index (χ0n) is 11.9. The van der Waals surface area contributed by atoms with E-state index >= 15 is 0 Å². The highest BCUT2D eigenvalue weighted by atomic mass is 35.5. The van der Waals surface area contributed by atoms with Gasteiger partial charge >= 0.3 is 5.69 Å². The van der Waals surface area contributed by atoms with Crippen LogP contribution in [0.25, 0.3) is 11.2 Å². The number of nitrogens with zero attached hydrogens (tertiary/aromatic N) is 4. The normalized spacial score (nSPS) is 11.3. The molecule has 2 heterocycles. The van der Waals surface area contributed by atoms with E-state index in [2.05, 4.69) is 4.98 Å². The van der Waals surface area contributed by atoms with Crippen LogP contribution < -0.4 is 11.2 Å². The van der Waals surface area contributed by atoms with Gasteiger partial charge in [-0.25, -0.2) is 9.18 Å². The molecule has 114 valence electrons. The van der Waals surface area contributed by atoms with Gasteiger partial charge in [0.1, 0.15) is 5.82 Å². The van der Waals surface area contributed by atoms with Gasteiger partial charge in [0.2, 0.25) is 5.28 Å². The van der Waals surface area contributed by atoms with E-state index in [1.807, 2.05) is 0 Å². The van der Waals surface area contributed by atoms with E-state index in [4.69, 9.17) is 11.6 Å². The fourth-order valence-electron chi connectivity index (χ4n) is 2.33. The van der Waals surface area contributed by atoms with E-state index in [0.29, 0.717) is 5.56 Å². The van der Waals surface area contributed by atoms with Crippen molar-refractivity contribution in [3.05, 3.63) is 61.8 Å². The Morgan fingerprint density at radius 2 is 1.77 bits per heavy atom. The first-order valence-electron chi connectivity index (χ1n) is 6.46. The molecule has 0 saturated carbocycles. The summed E-state index contributed by atoms with van der Waals surface area (Å²) in [6.45, 7) is 0.0462. The molecule has 0 aliphatic heterocycles. The molecule has 3 aromatic rings. The van der Waals surface area contributed by atoms with Crippen molar-refractivity contribution >= 4 is 22.8 Å². The van der Waals surface area contributed by atoms with Gasteiger partial charge in [-0.3, -0.25) is 13.9 Å². The maximum atomic E-state index is 13.0. The third kappa shape index (κ3) is 2.14. The molecule has 0 radical (unpaired) electrons. The summed E-state index contributed by atoms with van der Waals surface area (Å²) in [5.74, 6) is -0.377. The molecule has 0 saturated heterocycles. The highest BCUT2D eigenvalue weighted by Gasteiger charge is 2.17. The average Bonchev–Trinajstić information content (AvgIpc) is 2.79. The second kappa shape index (κ2) is 5.10. The van der Waals surface area contributed by atoms with Gasteiger partial charge < -0.3 is 4.57 Å². The minimum absolute atomic E-state index is 0.0462. The van der Waals surface area contributed by atoms with Crippen molar-refractivity contribution in [3.63, 3.8) is 0 Å². The van der Waals surface area contributed by atoms with Crippen LogP contribution in [0.1, 0.15) is 5.56 Å². The third-order valence-corrected chi connectivity index (χ3v) is 3.90. The maximum Gasteiger partial charge on any atom is 0.332 e. The molecular weight excluding hydrogens is 311 g/mol. The van der Waals surface area contributed by atoms with Crippen LogP contribution in [-0.2, 0) is 20.6 Å². The predicted octanol–water partition coefficient (Wildman–Crippen LogP) is 1.27.